The Morgan fingerprint density at radius 3 is 2.05 bits per heavy atom. The van der Waals surface area contributed by atoms with Crippen molar-refractivity contribution in [3.8, 4) is 0 Å². The van der Waals surface area contributed by atoms with Gasteiger partial charge < -0.3 is 10.2 Å². The number of rotatable bonds is 12. The molecule has 0 aliphatic carbocycles. The first kappa shape index (κ1) is 31.9. The molecule has 0 aromatic heterocycles. The molecule has 2 amide bonds. The second-order valence-corrected chi connectivity index (χ2v) is 12.1. The lowest BCUT2D eigenvalue weighted by Crippen LogP contribution is -2.53. The highest BCUT2D eigenvalue weighted by molar-refractivity contribution is 7.92. The summed E-state index contributed by atoms with van der Waals surface area (Å²) in [5, 5.41) is 14.6. The number of carbonyl (C=O) groups excluding carboxylic acids is 2. The molecule has 1 N–H and O–H groups in total. The molecule has 0 unspecified atom stereocenters. The Kier molecular flexibility index (Phi) is 10.7. The summed E-state index contributed by atoms with van der Waals surface area (Å²) >= 11 is 12.8. The minimum Gasteiger partial charge on any atom is -0.352 e. The van der Waals surface area contributed by atoms with E-state index in [0.717, 1.165) is 16.4 Å². The molecule has 0 aliphatic heterocycles. The maximum Gasteiger partial charge on any atom is 0.269 e. The monoisotopic (exact) mass is 620 g/mol. The maximum atomic E-state index is 14.0. The third-order valence-corrected chi connectivity index (χ3v) is 8.66. The highest BCUT2D eigenvalue weighted by Gasteiger charge is 2.34. The first-order valence-corrected chi connectivity index (χ1v) is 14.9. The number of benzene rings is 3. The van der Waals surface area contributed by atoms with Gasteiger partial charge in [-0.2, -0.15) is 0 Å². The number of nitro benzene ring substituents is 1. The van der Waals surface area contributed by atoms with Crippen molar-refractivity contribution in [3.63, 3.8) is 0 Å². The fourth-order valence-corrected chi connectivity index (χ4v) is 6.10. The molecule has 1 atom stereocenters. The Morgan fingerprint density at radius 1 is 0.951 bits per heavy atom. The zero-order valence-electron chi connectivity index (χ0n) is 22.7. The quantitative estimate of drug-likeness (QED) is 0.212. The summed E-state index contributed by atoms with van der Waals surface area (Å²) in [6.45, 7) is 4.42. The first-order valence-electron chi connectivity index (χ1n) is 12.7. The summed E-state index contributed by atoms with van der Waals surface area (Å²) < 4.78 is 28.5. The fraction of sp³-hybridized carbons (Fsp3) is 0.286. The van der Waals surface area contributed by atoms with E-state index < -0.39 is 39.3 Å². The van der Waals surface area contributed by atoms with Crippen molar-refractivity contribution >= 4 is 56.4 Å². The Balaban J connectivity index is 2.11. The fourth-order valence-electron chi connectivity index (χ4n) is 4.14. The van der Waals surface area contributed by atoms with Gasteiger partial charge in [0.05, 0.1) is 15.5 Å². The number of nitrogens with zero attached hydrogens (tertiary/aromatic N) is 3. The minimum absolute atomic E-state index is 0.0307. The lowest BCUT2D eigenvalue weighted by atomic mass is 10.1. The van der Waals surface area contributed by atoms with Crippen LogP contribution in [0.2, 0.25) is 10.0 Å². The summed E-state index contributed by atoms with van der Waals surface area (Å²) in [7, 11) is -4.31. The number of sulfonamides is 1. The van der Waals surface area contributed by atoms with Crippen LogP contribution in [0.5, 0.6) is 0 Å². The molecule has 3 rings (SSSR count). The summed E-state index contributed by atoms with van der Waals surface area (Å²) in [4.78, 5) is 39.0. The Hall–Kier alpha value is -3.67. The zero-order chi connectivity index (χ0) is 30.3. The molecule has 218 valence electrons. The predicted molar refractivity (Wildman–Crippen MR) is 158 cm³/mol. The van der Waals surface area contributed by atoms with E-state index in [1.54, 1.807) is 45.0 Å². The number of hydrogen-bond donors (Lipinski definition) is 1. The van der Waals surface area contributed by atoms with Crippen molar-refractivity contribution in [2.24, 2.45) is 0 Å². The molecular weight excluding hydrogens is 591 g/mol. The number of amides is 2. The van der Waals surface area contributed by atoms with Gasteiger partial charge in [-0.1, -0.05) is 54.4 Å². The van der Waals surface area contributed by atoms with Crippen LogP contribution < -0.4 is 9.62 Å². The van der Waals surface area contributed by atoms with Crippen LogP contribution in [0.3, 0.4) is 0 Å². The van der Waals surface area contributed by atoms with Gasteiger partial charge in [-0.05, 0) is 56.7 Å². The van der Waals surface area contributed by atoms with Crippen molar-refractivity contribution in [1.29, 1.82) is 0 Å². The molecule has 0 spiro atoms. The molecule has 0 bridgehead atoms. The van der Waals surface area contributed by atoms with Crippen LogP contribution >= 0.6 is 23.2 Å². The number of carbonyl (C=O) groups is 2. The van der Waals surface area contributed by atoms with E-state index >= 15 is 0 Å². The zero-order valence-corrected chi connectivity index (χ0v) is 25.0. The van der Waals surface area contributed by atoms with Crippen molar-refractivity contribution in [3.05, 3.63) is 98.5 Å². The van der Waals surface area contributed by atoms with Crippen LogP contribution in [0.25, 0.3) is 0 Å². The maximum absolute atomic E-state index is 14.0. The lowest BCUT2D eigenvalue weighted by molar-refractivity contribution is -0.384. The molecular formula is C28H30Cl2N4O6S. The van der Waals surface area contributed by atoms with Crippen LogP contribution in [0.15, 0.2) is 77.7 Å². The molecule has 0 aliphatic rings. The second kappa shape index (κ2) is 13.8. The largest absolute Gasteiger partial charge is 0.352 e. The van der Waals surface area contributed by atoms with Gasteiger partial charge in [0.2, 0.25) is 11.8 Å². The van der Waals surface area contributed by atoms with Crippen LogP contribution in [0.4, 0.5) is 11.4 Å². The normalized spacial score (nSPS) is 12.0. The standard InChI is InChI=1S/C28H30Cl2N4O6S/c1-4-26(28(36)31-19(2)3)32(17-23-24(29)11-8-12-25(23)30)27(35)18-33(20-13-15-21(16-14-20)34(37)38)41(39,40)22-9-6-5-7-10-22/h5-16,19,26H,4,17-18H2,1-3H3,(H,31,36)/t26-/m0/s1. The van der Waals surface area contributed by atoms with Crippen molar-refractivity contribution in [2.45, 2.75) is 50.7 Å². The Labute approximate surface area is 249 Å². The van der Waals surface area contributed by atoms with E-state index in [1.807, 2.05) is 0 Å². The molecule has 0 saturated carbocycles. The van der Waals surface area contributed by atoms with Gasteiger partial charge in [-0.15, -0.1) is 0 Å². The topological polar surface area (TPSA) is 130 Å². The van der Waals surface area contributed by atoms with Gasteiger partial charge in [-0.3, -0.25) is 24.0 Å². The predicted octanol–water partition coefficient (Wildman–Crippen LogP) is 5.43. The number of hydrogen-bond acceptors (Lipinski definition) is 6. The van der Waals surface area contributed by atoms with Crippen molar-refractivity contribution in [2.75, 3.05) is 10.8 Å². The molecule has 13 heteroatoms. The SMILES string of the molecule is CC[C@@H](C(=O)NC(C)C)N(Cc1c(Cl)cccc1Cl)C(=O)CN(c1ccc([N+](=O)[O-])cc1)S(=O)(=O)c1ccccc1. The average molecular weight is 622 g/mol. The van der Waals surface area contributed by atoms with E-state index in [9.17, 15) is 28.1 Å². The molecule has 10 nitrogen and oxygen atoms in total. The Morgan fingerprint density at radius 2 is 1.54 bits per heavy atom. The highest BCUT2D eigenvalue weighted by Crippen LogP contribution is 2.29. The summed E-state index contributed by atoms with van der Waals surface area (Å²) in [5.74, 6) is -1.13. The van der Waals surface area contributed by atoms with Crippen molar-refractivity contribution in [1.82, 2.24) is 10.2 Å². The second-order valence-electron chi connectivity index (χ2n) is 9.41. The third kappa shape index (κ3) is 7.75. The number of halogens is 2. The molecule has 0 saturated heterocycles. The van der Waals surface area contributed by atoms with E-state index in [1.165, 1.54) is 41.3 Å². The minimum atomic E-state index is -4.31. The summed E-state index contributed by atoms with van der Waals surface area (Å²) in [5.41, 5.74) is 0.180. The number of nitrogens with one attached hydrogen (secondary N) is 1. The number of nitro groups is 1. The smallest absolute Gasteiger partial charge is 0.269 e. The van der Waals surface area contributed by atoms with E-state index in [4.69, 9.17) is 23.2 Å². The van der Waals surface area contributed by atoms with Gasteiger partial charge in [0.1, 0.15) is 12.6 Å². The van der Waals surface area contributed by atoms with Crippen molar-refractivity contribution < 1.29 is 22.9 Å². The number of anilines is 1. The summed E-state index contributed by atoms with van der Waals surface area (Å²) in [6, 6.07) is 16.0. The van der Waals surface area contributed by atoms with Gasteiger partial charge in [0, 0.05) is 40.3 Å². The van der Waals surface area contributed by atoms with E-state index in [-0.39, 0.29) is 45.3 Å². The first-order chi connectivity index (χ1) is 19.4. The van der Waals surface area contributed by atoms with E-state index in [0.29, 0.717) is 5.56 Å². The van der Waals surface area contributed by atoms with E-state index in [2.05, 4.69) is 5.32 Å². The van der Waals surface area contributed by atoms with Gasteiger partial charge in [0.25, 0.3) is 15.7 Å². The molecule has 0 heterocycles. The van der Waals surface area contributed by atoms with Crippen LogP contribution in [-0.4, -0.2) is 48.7 Å². The lowest BCUT2D eigenvalue weighted by Gasteiger charge is -2.34. The molecule has 3 aromatic carbocycles. The van der Waals surface area contributed by atoms with Gasteiger partial charge >= 0.3 is 0 Å². The highest BCUT2D eigenvalue weighted by atomic mass is 35.5. The molecule has 41 heavy (non-hydrogen) atoms. The van der Waals surface area contributed by atoms with Gasteiger partial charge in [0.15, 0.2) is 0 Å². The molecule has 0 fully saturated rings. The average Bonchev–Trinajstić information content (AvgIpc) is 2.93. The number of non-ortho nitro benzene ring substituents is 1. The van der Waals surface area contributed by atoms with Gasteiger partial charge in [-0.25, -0.2) is 8.42 Å². The Bertz CT molecular complexity index is 1480. The van der Waals surface area contributed by atoms with Crippen LogP contribution in [-0.2, 0) is 26.2 Å². The summed E-state index contributed by atoms with van der Waals surface area (Å²) in [6.07, 6.45) is 0.218. The van der Waals surface area contributed by atoms with Crippen LogP contribution in [0.1, 0.15) is 32.8 Å². The van der Waals surface area contributed by atoms with Crippen LogP contribution in [0, 0.1) is 10.1 Å². The molecule has 0 radical (unpaired) electrons. The molecule has 3 aromatic rings. The third-order valence-electron chi connectivity index (χ3n) is 6.17.